The Hall–Kier alpha value is -1.49. The van der Waals surface area contributed by atoms with E-state index >= 15 is 0 Å². The van der Waals surface area contributed by atoms with Crippen molar-refractivity contribution in [2.45, 2.75) is 25.5 Å². The first-order valence-electron chi connectivity index (χ1n) is 6.86. The molecule has 0 radical (unpaired) electrons. The van der Waals surface area contributed by atoms with E-state index in [0.29, 0.717) is 19.6 Å². The first-order chi connectivity index (χ1) is 9.62. The number of fused-ring (bicyclic) bond motifs is 1. The van der Waals surface area contributed by atoms with Crippen molar-refractivity contribution in [2.24, 2.45) is 0 Å². The van der Waals surface area contributed by atoms with E-state index in [1.807, 2.05) is 25.3 Å². The Morgan fingerprint density at radius 1 is 1.35 bits per heavy atom. The molecule has 2 N–H and O–H groups in total. The summed E-state index contributed by atoms with van der Waals surface area (Å²) in [5.41, 5.74) is 0.467. The number of rotatable bonds is 7. The highest BCUT2D eigenvalue weighted by Crippen LogP contribution is 2.17. The van der Waals surface area contributed by atoms with Crippen molar-refractivity contribution < 1.29 is 9.84 Å². The van der Waals surface area contributed by atoms with Crippen LogP contribution >= 0.6 is 0 Å². The zero-order chi connectivity index (χ0) is 14.4. The van der Waals surface area contributed by atoms with E-state index in [9.17, 15) is 5.11 Å². The van der Waals surface area contributed by atoms with Gasteiger partial charge in [0.1, 0.15) is 0 Å². The molecule has 0 saturated carbocycles. The molecule has 108 valence electrons. The standard InChI is InChI=1S/C16H22N2O2/c1-16(19,7-9-20-2)12-18-11-14-5-3-4-13-10-17-8-6-15(13)14/h3-6,8,10,18-19H,7,9,11-12H2,1-2H3. The van der Waals surface area contributed by atoms with Crippen LogP contribution in [0, 0.1) is 0 Å². The summed E-state index contributed by atoms with van der Waals surface area (Å²) < 4.78 is 5.01. The number of hydrogen-bond acceptors (Lipinski definition) is 4. The smallest absolute Gasteiger partial charge is 0.0765 e. The van der Waals surface area contributed by atoms with Crippen molar-refractivity contribution in [3.05, 3.63) is 42.2 Å². The number of hydrogen-bond donors (Lipinski definition) is 2. The van der Waals surface area contributed by atoms with E-state index in [1.54, 1.807) is 13.3 Å². The second-order valence-electron chi connectivity index (χ2n) is 5.36. The molecule has 0 aliphatic rings. The maximum Gasteiger partial charge on any atom is 0.0765 e. The molecule has 4 heteroatoms. The van der Waals surface area contributed by atoms with Crippen LogP contribution in [-0.2, 0) is 11.3 Å². The minimum absolute atomic E-state index is 0.540. The number of methoxy groups -OCH3 is 1. The van der Waals surface area contributed by atoms with Crippen LogP contribution in [0.5, 0.6) is 0 Å². The van der Waals surface area contributed by atoms with Gasteiger partial charge in [-0.05, 0) is 23.9 Å². The van der Waals surface area contributed by atoms with E-state index in [4.69, 9.17) is 4.74 Å². The molecule has 1 aromatic carbocycles. The van der Waals surface area contributed by atoms with Gasteiger partial charge in [-0.2, -0.15) is 0 Å². The van der Waals surface area contributed by atoms with Gasteiger partial charge in [-0.25, -0.2) is 0 Å². The van der Waals surface area contributed by atoms with Crippen molar-refractivity contribution in [3.63, 3.8) is 0 Å². The fraction of sp³-hybridized carbons (Fsp3) is 0.438. The molecule has 4 nitrogen and oxygen atoms in total. The zero-order valence-electron chi connectivity index (χ0n) is 12.1. The van der Waals surface area contributed by atoms with Crippen molar-refractivity contribution in [2.75, 3.05) is 20.3 Å². The van der Waals surface area contributed by atoms with E-state index in [1.165, 1.54) is 10.9 Å². The molecular weight excluding hydrogens is 252 g/mol. The number of aromatic nitrogens is 1. The lowest BCUT2D eigenvalue weighted by Crippen LogP contribution is -2.38. The molecule has 0 fully saturated rings. The number of pyridine rings is 1. The maximum atomic E-state index is 10.2. The molecule has 1 unspecified atom stereocenters. The summed E-state index contributed by atoms with van der Waals surface area (Å²) in [4.78, 5) is 4.13. The molecule has 0 amide bonds. The van der Waals surface area contributed by atoms with Crippen molar-refractivity contribution in [3.8, 4) is 0 Å². The Morgan fingerprint density at radius 2 is 2.20 bits per heavy atom. The van der Waals surface area contributed by atoms with Gasteiger partial charge in [-0.3, -0.25) is 4.98 Å². The minimum Gasteiger partial charge on any atom is -0.389 e. The van der Waals surface area contributed by atoms with Crippen LogP contribution in [-0.4, -0.2) is 36.0 Å². The highest BCUT2D eigenvalue weighted by atomic mass is 16.5. The third-order valence-corrected chi connectivity index (χ3v) is 3.44. The largest absolute Gasteiger partial charge is 0.389 e. The number of benzene rings is 1. The quantitative estimate of drug-likeness (QED) is 0.812. The van der Waals surface area contributed by atoms with Crippen LogP contribution < -0.4 is 5.32 Å². The monoisotopic (exact) mass is 274 g/mol. The van der Waals surface area contributed by atoms with E-state index in [2.05, 4.69) is 22.4 Å². The normalized spacial score (nSPS) is 14.3. The summed E-state index contributed by atoms with van der Waals surface area (Å²) in [5.74, 6) is 0. The second-order valence-corrected chi connectivity index (χ2v) is 5.36. The summed E-state index contributed by atoms with van der Waals surface area (Å²) in [6.07, 6.45) is 4.30. The Kier molecular flexibility index (Phi) is 5.06. The molecule has 20 heavy (non-hydrogen) atoms. The van der Waals surface area contributed by atoms with Crippen LogP contribution in [0.4, 0.5) is 0 Å². The predicted octanol–water partition coefficient (Wildman–Crippen LogP) is 2.11. The van der Waals surface area contributed by atoms with Crippen molar-refractivity contribution >= 4 is 10.8 Å². The van der Waals surface area contributed by atoms with Gasteiger partial charge in [0.25, 0.3) is 0 Å². The van der Waals surface area contributed by atoms with E-state index < -0.39 is 5.60 Å². The molecule has 1 aromatic heterocycles. The van der Waals surface area contributed by atoms with Crippen molar-refractivity contribution in [1.29, 1.82) is 0 Å². The van der Waals surface area contributed by atoms with E-state index in [0.717, 1.165) is 11.9 Å². The van der Waals surface area contributed by atoms with Crippen LogP contribution in [0.1, 0.15) is 18.9 Å². The second kappa shape index (κ2) is 6.79. The SMILES string of the molecule is COCCC(C)(O)CNCc1cccc2cnccc12. The first-order valence-corrected chi connectivity index (χ1v) is 6.86. The molecule has 2 rings (SSSR count). The Morgan fingerprint density at radius 3 is 3.00 bits per heavy atom. The lowest BCUT2D eigenvalue weighted by molar-refractivity contribution is 0.0248. The van der Waals surface area contributed by atoms with E-state index in [-0.39, 0.29) is 0 Å². The summed E-state index contributed by atoms with van der Waals surface area (Å²) in [6.45, 7) is 3.66. The third-order valence-electron chi connectivity index (χ3n) is 3.44. The van der Waals surface area contributed by atoms with Crippen LogP contribution in [0.2, 0.25) is 0 Å². The molecule has 0 spiro atoms. The molecule has 0 bridgehead atoms. The predicted molar refractivity (Wildman–Crippen MR) is 80.6 cm³/mol. The number of ether oxygens (including phenoxy) is 1. The molecule has 0 aliphatic carbocycles. The Bertz CT molecular complexity index is 550. The van der Waals surface area contributed by atoms with Crippen LogP contribution in [0.3, 0.4) is 0 Å². The number of nitrogens with one attached hydrogen (secondary N) is 1. The zero-order valence-corrected chi connectivity index (χ0v) is 12.1. The summed E-state index contributed by atoms with van der Waals surface area (Å²) >= 11 is 0. The lowest BCUT2D eigenvalue weighted by Gasteiger charge is -2.23. The fourth-order valence-corrected chi connectivity index (χ4v) is 2.22. The first kappa shape index (κ1) is 14.9. The average molecular weight is 274 g/mol. The highest BCUT2D eigenvalue weighted by Gasteiger charge is 2.19. The molecule has 1 heterocycles. The highest BCUT2D eigenvalue weighted by molar-refractivity contribution is 5.84. The van der Waals surface area contributed by atoms with Crippen molar-refractivity contribution in [1.82, 2.24) is 10.3 Å². The third kappa shape index (κ3) is 4.00. The van der Waals surface area contributed by atoms with Gasteiger partial charge in [-0.1, -0.05) is 18.2 Å². The van der Waals surface area contributed by atoms with Gasteiger partial charge < -0.3 is 15.2 Å². The fourth-order valence-electron chi connectivity index (χ4n) is 2.22. The molecule has 0 saturated heterocycles. The number of nitrogens with zero attached hydrogens (tertiary/aromatic N) is 1. The lowest BCUT2D eigenvalue weighted by atomic mass is 10.0. The average Bonchev–Trinajstić information content (AvgIpc) is 2.45. The topological polar surface area (TPSA) is 54.4 Å². The summed E-state index contributed by atoms with van der Waals surface area (Å²) in [6, 6.07) is 8.21. The van der Waals surface area contributed by atoms with Gasteiger partial charge in [0.05, 0.1) is 5.60 Å². The summed E-state index contributed by atoms with van der Waals surface area (Å²) in [5, 5.41) is 15.8. The molecule has 1 atom stereocenters. The maximum absolute atomic E-state index is 10.2. The molecule has 2 aromatic rings. The van der Waals surface area contributed by atoms with Gasteiger partial charge in [0.2, 0.25) is 0 Å². The molecular formula is C16H22N2O2. The Labute approximate surface area is 119 Å². The van der Waals surface area contributed by atoms with Gasteiger partial charge in [0, 0.05) is 51.0 Å². The Balaban J connectivity index is 1.96. The minimum atomic E-state index is -0.748. The van der Waals surface area contributed by atoms with Crippen LogP contribution in [0.25, 0.3) is 10.8 Å². The van der Waals surface area contributed by atoms with Gasteiger partial charge in [0.15, 0.2) is 0 Å². The van der Waals surface area contributed by atoms with Gasteiger partial charge >= 0.3 is 0 Å². The van der Waals surface area contributed by atoms with Gasteiger partial charge in [-0.15, -0.1) is 0 Å². The van der Waals surface area contributed by atoms with Crippen LogP contribution in [0.15, 0.2) is 36.7 Å². The number of aliphatic hydroxyl groups is 1. The molecule has 0 aliphatic heterocycles. The summed E-state index contributed by atoms with van der Waals surface area (Å²) in [7, 11) is 1.65.